The Balaban J connectivity index is 2.07. The van der Waals surface area contributed by atoms with Gasteiger partial charge in [0.15, 0.2) is 0 Å². The van der Waals surface area contributed by atoms with E-state index in [2.05, 4.69) is 17.2 Å². The fourth-order valence-corrected chi connectivity index (χ4v) is 3.66. The van der Waals surface area contributed by atoms with E-state index in [0.717, 1.165) is 57.4 Å². The number of carboxylic acids is 1. The molecule has 1 aliphatic rings. The van der Waals surface area contributed by atoms with Gasteiger partial charge in [-0.15, -0.1) is 0 Å². The minimum absolute atomic E-state index is 0.0254. The highest BCUT2D eigenvalue weighted by Gasteiger charge is 2.17. The number of ether oxygens (including phenoxy) is 4. The minimum Gasteiger partial charge on any atom is -0.478 e. The molecule has 0 atom stereocenters. The molecule has 11 heteroatoms. The van der Waals surface area contributed by atoms with Crippen molar-refractivity contribution in [1.82, 2.24) is 10.6 Å². The van der Waals surface area contributed by atoms with Crippen LogP contribution in [0.15, 0.2) is 23.8 Å². The molecule has 1 rings (SSSR count). The lowest BCUT2D eigenvalue weighted by molar-refractivity contribution is -0.138. The summed E-state index contributed by atoms with van der Waals surface area (Å²) in [6, 6.07) is 0. The summed E-state index contributed by atoms with van der Waals surface area (Å²) < 4.78 is 20.7. The van der Waals surface area contributed by atoms with Crippen molar-refractivity contribution in [2.75, 3.05) is 39.5 Å². The average molecular weight is 527 g/mol. The first kappa shape index (κ1) is 31.9. The summed E-state index contributed by atoms with van der Waals surface area (Å²) in [5.41, 5.74) is 0.871. The maximum Gasteiger partial charge on any atom is 0.407 e. The third-order valence-electron chi connectivity index (χ3n) is 5.90. The number of alkyl carbamates (subject to hydrolysis) is 2. The molecule has 0 spiro atoms. The number of unbranched alkanes of at least 4 members (excludes halogenated alkanes) is 3. The molecule has 1 saturated carbocycles. The Morgan fingerprint density at radius 1 is 0.865 bits per heavy atom. The number of carbonyl (C=O) groups is 4. The van der Waals surface area contributed by atoms with Crippen molar-refractivity contribution in [3.05, 3.63) is 23.8 Å². The van der Waals surface area contributed by atoms with Crippen LogP contribution in [0.4, 0.5) is 9.59 Å². The first-order valence-electron chi connectivity index (χ1n) is 13.0. The number of nitrogens with one attached hydrogen (secondary N) is 2. The van der Waals surface area contributed by atoms with E-state index in [-0.39, 0.29) is 38.1 Å². The van der Waals surface area contributed by atoms with Crippen molar-refractivity contribution in [2.24, 2.45) is 0 Å². The predicted octanol–water partition coefficient (Wildman–Crippen LogP) is 3.87. The molecular weight excluding hydrogens is 484 g/mol. The van der Waals surface area contributed by atoms with Crippen molar-refractivity contribution in [1.29, 1.82) is 0 Å². The van der Waals surface area contributed by atoms with Gasteiger partial charge >= 0.3 is 24.1 Å². The summed E-state index contributed by atoms with van der Waals surface area (Å²) in [6.45, 7) is 5.99. The second kappa shape index (κ2) is 20.0. The lowest BCUT2D eigenvalue weighted by Crippen LogP contribution is -2.27. The molecule has 0 heterocycles. The molecule has 0 bridgehead atoms. The van der Waals surface area contributed by atoms with Crippen molar-refractivity contribution < 1.29 is 43.2 Å². The van der Waals surface area contributed by atoms with Gasteiger partial charge in [-0.1, -0.05) is 38.7 Å². The Bertz CT molecular complexity index is 761. The summed E-state index contributed by atoms with van der Waals surface area (Å²) in [4.78, 5) is 45.6. The Labute approximate surface area is 218 Å². The zero-order chi connectivity index (χ0) is 27.3. The fraction of sp³-hybridized carbons (Fsp3) is 0.692. The van der Waals surface area contributed by atoms with E-state index >= 15 is 0 Å². The molecule has 0 radical (unpaired) electrons. The zero-order valence-electron chi connectivity index (χ0n) is 21.9. The molecule has 37 heavy (non-hydrogen) atoms. The number of aliphatic carboxylic acids is 1. The summed E-state index contributed by atoms with van der Waals surface area (Å²) >= 11 is 0. The minimum atomic E-state index is -0.995. The molecule has 0 aromatic carbocycles. The number of carboxylic acid groups (broad SMARTS) is 1. The topological polar surface area (TPSA) is 149 Å². The summed E-state index contributed by atoms with van der Waals surface area (Å²) in [5, 5.41) is 14.6. The lowest BCUT2D eigenvalue weighted by Gasteiger charge is -2.23. The van der Waals surface area contributed by atoms with Gasteiger partial charge in [-0.3, -0.25) is 0 Å². The summed E-state index contributed by atoms with van der Waals surface area (Å²) in [7, 11) is 0. The van der Waals surface area contributed by atoms with E-state index in [1.54, 1.807) is 6.92 Å². The van der Waals surface area contributed by atoms with Crippen LogP contribution in [0.5, 0.6) is 0 Å². The summed E-state index contributed by atoms with van der Waals surface area (Å²) in [5.74, 6) is -1.57. The van der Waals surface area contributed by atoms with Gasteiger partial charge in [0.25, 0.3) is 0 Å². The molecular formula is C26H42N2O9. The second-order valence-electron chi connectivity index (χ2n) is 8.77. The molecule has 0 saturated heterocycles. The standard InChI is InChI=1S/C26H42N2O9/c1-3-23(29)34-17-18-36-26(33)28-15-10-5-4-9-14-27-25(32)35-16-13-21(20(2)24(30)31)19-37-22-11-7-6-8-12-22/h3,22H,1,4-19H2,2H3,(H,27,32)(H,28,33)(H,30,31). The van der Waals surface area contributed by atoms with E-state index in [0.29, 0.717) is 25.1 Å². The highest BCUT2D eigenvalue weighted by Crippen LogP contribution is 2.22. The third kappa shape index (κ3) is 16.3. The van der Waals surface area contributed by atoms with Gasteiger partial charge in [-0.05, 0) is 38.2 Å². The molecule has 0 aliphatic heterocycles. The number of rotatable bonds is 18. The number of amides is 2. The Morgan fingerprint density at radius 2 is 1.43 bits per heavy atom. The molecule has 1 aliphatic carbocycles. The SMILES string of the molecule is C=CC(=O)OCCOC(=O)NCCCCCCNC(=O)OCCC(COC1CCCCC1)=C(C)C(=O)O. The lowest BCUT2D eigenvalue weighted by atomic mass is 9.97. The van der Waals surface area contributed by atoms with Gasteiger partial charge in [0.2, 0.25) is 0 Å². The molecule has 2 amide bonds. The highest BCUT2D eigenvalue weighted by molar-refractivity contribution is 5.86. The van der Waals surface area contributed by atoms with Gasteiger partial charge in [-0.2, -0.15) is 0 Å². The molecule has 0 unspecified atom stereocenters. The van der Waals surface area contributed by atoms with Crippen LogP contribution in [-0.2, 0) is 28.5 Å². The third-order valence-corrected chi connectivity index (χ3v) is 5.90. The number of hydrogen-bond acceptors (Lipinski definition) is 8. The maximum absolute atomic E-state index is 11.9. The largest absolute Gasteiger partial charge is 0.478 e. The van der Waals surface area contributed by atoms with Gasteiger partial charge in [0.1, 0.15) is 13.2 Å². The van der Waals surface area contributed by atoms with Crippen molar-refractivity contribution in [3.63, 3.8) is 0 Å². The van der Waals surface area contributed by atoms with Crippen LogP contribution < -0.4 is 10.6 Å². The molecule has 3 N–H and O–H groups in total. The quantitative estimate of drug-likeness (QED) is 0.105. The zero-order valence-corrected chi connectivity index (χ0v) is 21.9. The molecule has 0 aromatic heterocycles. The van der Waals surface area contributed by atoms with Gasteiger partial charge in [0.05, 0.1) is 19.3 Å². The van der Waals surface area contributed by atoms with E-state index in [4.69, 9.17) is 18.9 Å². The van der Waals surface area contributed by atoms with Crippen LogP contribution in [0, 0.1) is 0 Å². The Hall–Kier alpha value is -3.08. The van der Waals surface area contributed by atoms with Crippen molar-refractivity contribution in [2.45, 2.75) is 77.2 Å². The van der Waals surface area contributed by atoms with Gasteiger partial charge in [-0.25, -0.2) is 19.2 Å². The Morgan fingerprint density at radius 3 is 2.00 bits per heavy atom. The predicted molar refractivity (Wildman–Crippen MR) is 136 cm³/mol. The number of hydrogen-bond donors (Lipinski definition) is 3. The van der Waals surface area contributed by atoms with E-state index in [1.165, 1.54) is 6.42 Å². The van der Waals surface area contributed by atoms with E-state index < -0.39 is 24.1 Å². The molecule has 11 nitrogen and oxygen atoms in total. The fourth-order valence-electron chi connectivity index (χ4n) is 3.66. The smallest absolute Gasteiger partial charge is 0.407 e. The first-order valence-corrected chi connectivity index (χ1v) is 13.0. The van der Waals surface area contributed by atoms with Crippen LogP contribution in [0.25, 0.3) is 0 Å². The average Bonchev–Trinajstić information content (AvgIpc) is 2.89. The van der Waals surface area contributed by atoms with E-state index in [9.17, 15) is 24.3 Å². The maximum atomic E-state index is 11.9. The highest BCUT2D eigenvalue weighted by atomic mass is 16.6. The van der Waals surface area contributed by atoms with Crippen molar-refractivity contribution >= 4 is 24.1 Å². The van der Waals surface area contributed by atoms with Crippen molar-refractivity contribution in [3.8, 4) is 0 Å². The Kier molecular flexibility index (Phi) is 17.3. The van der Waals surface area contributed by atoms with Crippen LogP contribution in [0.1, 0.15) is 71.1 Å². The summed E-state index contributed by atoms with van der Waals surface area (Å²) in [6.07, 6.45) is 9.11. The van der Waals surface area contributed by atoms with Gasteiger partial charge < -0.3 is 34.7 Å². The van der Waals surface area contributed by atoms with Crippen LogP contribution in [-0.4, -0.2) is 74.9 Å². The van der Waals surface area contributed by atoms with E-state index in [1.807, 2.05) is 0 Å². The van der Waals surface area contributed by atoms with Gasteiger partial charge in [0, 0.05) is 31.2 Å². The number of esters is 1. The monoisotopic (exact) mass is 526 g/mol. The molecule has 210 valence electrons. The normalized spacial score (nSPS) is 14.2. The molecule has 1 fully saturated rings. The van der Waals surface area contributed by atoms with Crippen LogP contribution in [0.3, 0.4) is 0 Å². The van der Waals surface area contributed by atoms with Crippen LogP contribution >= 0.6 is 0 Å². The second-order valence-corrected chi connectivity index (χ2v) is 8.77. The molecule has 0 aromatic rings. The number of carbonyl (C=O) groups excluding carboxylic acids is 3. The first-order chi connectivity index (χ1) is 17.8. The van der Waals surface area contributed by atoms with Crippen LogP contribution in [0.2, 0.25) is 0 Å².